The second-order valence-corrected chi connectivity index (χ2v) is 6.82. The number of thiophene rings is 1. The van der Waals surface area contributed by atoms with E-state index in [0.29, 0.717) is 19.3 Å². The van der Waals surface area contributed by atoms with Gasteiger partial charge in [-0.15, -0.1) is 11.3 Å². The van der Waals surface area contributed by atoms with E-state index in [2.05, 4.69) is 9.36 Å². The predicted octanol–water partition coefficient (Wildman–Crippen LogP) is 3.02. The minimum Gasteiger partial charge on any atom is -0.388 e. The second-order valence-electron chi connectivity index (χ2n) is 3.46. The van der Waals surface area contributed by atoms with Crippen molar-refractivity contribution in [2.45, 2.75) is 28.5 Å². The predicted molar refractivity (Wildman–Crippen MR) is 70.4 cm³/mol. The smallest absolute Gasteiger partial charge is 0.294 e. The molecule has 2 aromatic heterocycles. The Morgan fingerprint density at radius 1 is 1.61 bits per heavy atom. The van der Waals surface area contributed by atoms with Gasteiger partial charge in [0, 0.05) is 10.9 Å². The van der Waals surface area contributed by atoms with Crippen LogP contribution in [0.5, 0.6) is 0 Å². The van der Waals surface area contributed by atoms with E-state index in [1.165, 1.54) is 40.7 Å². The number of nitrogens with zero attached hydrogens (tertiary/aromatic N) is 3. The molecule has 1 N–H and O–H groups in total. The van der Waals surface area contributed by atoms with Crippen molar-refractivity contribution in [1.82, 2.24) is 9.36 Å². The number of hydrogen-bond donors (Lipinski definition) is 1. The first kappa shape index (κ1) is 13.4. The molecule has 0 radical (unpaired) electrons. The first-order chi connectivity index (χ1) is 8.47. The zero-order valence-corrected chi connectivity index (χ0v) is 11.9. The summed E-state index contributed by atoms with van der Waals surface area (Å²) in [6.45, 7) is 3.35. The van der Waals surface area contributed by atoms with Gasteiger partial charge in [-0.1, -0.05) is 0 Å². The monoisotopic (exact) mass is 303 g/mol. The molecule has 18 heavy (non-hydrogen) atoms. The van der Waals surface area contributed by atoms with Crippen LogP contribution in [0.15, 0.2) is 14.6 Å². The number of hydrogen-bond acceptors (Lipinski definition) is 8. The highest BCUT2D eigenvalue weighted by molar-refractivity contribution is 8.02. The van der Waals surface area contributed by atoms with Gasteiger partial charge in [-0.05, 0) is 37.1 Å². The first-order valence-electron chi connectivity index (χ1n) is 4.91. The van der Waals surface area contributed by atoms with E-state index in [9.17, 15) is 15.2 Å². The minimum atomic E-state index is -0.709. The summed E-state index contributed by atoms with van der Waals surface area (Å²) >= 11 is 3.63. The molecule has 0 bridgehead atoms. The summed E-state index contributed by atoms with van der Waals surface area (Å²) in [7, 11) is 0. The molecule has 0 amide bonds. The Bertz CT molecular complexity index is 579. The standard InChI is InChI=1S/C9H9N3O3S3/c1-4(13)7-3-6(12(14)15)8(16-7)17-9-10-5(2)11-18-9/h3-4,13H,1-2H3/t4-/m0/s1. The maximum atomic E-state index is 10.9. The van der Waals surface area contributed by atoms with E-state index >= 15 is 0 Å². The van der Waals surface area contributed by atoms with Gasteiger partial charge in [0.25, 0.3) is 5.69 Å². The van der Waals surface area contributed by atoms with Crippen LogP contribution in [0.4, 0.5) is 5.69 Å². The molecule has 9 heteroatoms. The van der Waals surface area contributed by atoms with Crippen molar-refractivity contribution in [2.24, 2.45) is 0 Å². The van der Waals surface area contributed by atoms with Crippen molar-refractivity contribution in [3.63, 3.8) is 0 Å². The molecule has 1 atom stereocenters. The van der Waals surface area contributed by atoms with Crippen LogP contribution in [-0.4, -0.2) is 19.4 Å². The summed E-state index contributed by atoms with van der Waals surface area (Å²) in [5.74, 6) is 0.650. The average molecular weight is 303 g/mol. The van der Waals surface area contributed by atoms with E-state index in [1.807, 2.05) is 0 Å². The van der Waals surface area contributed by atoms with Crippen LogP contribution in [0.3, 0.4) is 0 Å². The molecule has 0 aromatic carbocycles. The molecule has 0 fully saturated rings. The molecule has 0 aliphatic carbocycles. The Hall–Kier alpha value is -1.03. The van der Waals surface area contributed by atoms with Gasteiger partial charge in [-0.25, -0.2) is 4.98 Å². The molecule has 96 valence electrons. The van der Waals surface area contributed by atoms with Gasteiger partial charge in [-0.2, -0.15) is 4.37 Å². The maximum absolute atomic E-state index is 10.9. The van der Waals surface area contributed by atoms with Crippen LogP contribution in [0, 0.1) is 17.0 Å². The molecule has 2 heterocycles. The molecule has 0 spiro atoms. The molecule has 0 aliphatic rings. The van der Waals surface area contributed by atoms with Crippen LogP contribution in [0.2, 0.25) is 0 Å². The number of aliphatic hydroxyl groups excluding tert-OH is 1. The van der Waals surface area contributed by atoms with E-state index in [1.54, 1.807) is 13.8 Å². The third-order valence-corrected chi connectivity index (χ3v) is 5.32. The van der Waals surface area contributed by atoms with Gasteiger partial charge >= 0.3 is 0 Å². The summed E-state index contributed by atoms with van der Waals surface area (Å²) in [5.41, 5.74) is 0.00810. The van der Waals surface area contributed by atoms with E-state index in [-0.39, 0.29) is 5.69 Å². The van der Waals surface area contributed by atoms with Crippen LogP contribution < -0.4 is 0 Å². The molecule has 0 saturated carbocycles. The van der Waals surface area contributed by atoms with Gasteiger partial charge in [0.15, 0.2) is 4.34 Å². The number of aliphatic hydroxyl groups is 1. The number of rotatable bonds is 4. The third-order valence-electron chi connectivity index (χ3n) is 2.00. The van der Waals surface area contributed by atoms with Crippen molar-refractivity contribution in [3.05, 3.63) is 26.9 Å². The van der Waals surface area contributed by atoms with Gasteiger partial charge in [0.1, 0.15) is 10.0 Å². The molecule has 2 aromatic rings. The van der Waals surface area contributed by atoms with Gasteiger partial charge in [0.2, 0.25) is 0 Å². The summed E-state index contributed by atoms with van der Waals surface area (Å²) in [6, 6.07) is 1.41. The Balaban J connectivity index is 2.33. The van der Waals surface area contributed by atoms with Crippen LogP contribution in [0.25, 0.3) is 0 Å². The molecule has 0 unspecified atom stereocenters. The van der Waals surface area contributed by atoms with Crippen LogP contribution in [0.1, 0.15) is 23.7 Å². The topological polar surface area (TPSA) is 89.2 Å². The van der Waals surface area contributed by atoms with E-state index in [4.69, 9.17) is 0 Å². The van der Waals surface area contributed by atoms with Crippen molar-refractivity contribution in [1.29, 1.82) is 0 Å². The lowest BCUT2D eigenvalue weighted by Crippen LogP contribution is -1.87. The van der Waals surface area contributed by atoms with Gasteiger partial charge in [0.05, 0.1) is 11.0 Å². The molecule has 2 rings (SSSR count). The Labute approximate surface area is 115 Å². The van der Waals surface area contributed by atoms with E-state index in [0.717, 1.165) is 0 Å². The lowest BCUT2D eigenvalue weighted by molar-refractivity contribution is -0.387. The quantitative estimate of drug-likeness (QED) is 0.690. The number of aromatic nitrogens is 2. The molecule has 0 aliphatic heterocycles. The fourth-order valence-corrected chi connectivity index (χ4v) is 4.34. The largest absolute Gasteiger partial charge is 0.388 e. The van der Waals surface area contributed by atoms with Crippen molar-refractivity contribution >= 4 is 40.3 Å². The van der Waals surface area contributed by atoms with Crippen LogP contribution >= 0.6 is 34.6 Å². The van der Waals surface area contributed by atoms with Crippen molar-refractivity contribution < 1.29 is 10.0 Å². The fourth-order valence-electron chi connectivity index (χ4n) is 1.19. The molecule has 0 saturated heterocycles. The zero-order chi connectivity index (χ0) is 13.3. The summed E-state index contributed by atoms with van der Waals surface area (Å²) < 4.78 is 5.21. The van der Waals surface area contributed by atoms with Crippen LogP contribution in [-0.2, 0) is 0 Å². The summed E-state index contributed by atoms with van der Waals surface area (Å²) in [6.07, 6.45) is -0.709. The van der Waals surface area contributed by atoms with Gasteiger partial charge < -0.3 is 5.11 Å². The lowest BCUT2D eigenvalue weighted by atomic mass is 10.3. The highest BCUT2D eigenvalue weighted by Crippen LogP contribution is 2.43. The maximum Gasteiger partial charge on any atom is 0.294 e. The molecular weight excluding hydrogens is 294 g/mol. The third kappa shape index (κ3) is 2.86. The SMILES string of the molecule is Cc1nsc(Sc2sc([C@H](C)O)cc2[N+](=O)[O-])n1. The number of nitro groups is 1. The Kier molecular flexibility index (Phi) is 3.95. The van der Waals surface area contributed by atoms with Crippen molar-refractivity contribution in [3.8, 4) is 0 Å². The zero-order valence-electron chi connectivity index (χ0n) is 9.48. The molecular formula is C9H9N3O3S3. The minimum absolute atomic E-state index is 0.00810. The number of aryl methyl sites for hydroxylation is 1. The van der Waals surface area contributed by atoms with E-state index < -0.39 is 11.0 Å². The Morgan fingerprint density at radius 3 is 2.83 bits per heavy atom. The second kappa shape index (κ2) is 5.31. The normalized spacial score (nSPS) is 12.6. The highest BCUT2D eigenvalue weighted by Gasteiger charge is 2.22. The first-order valence-corrected chi connectivity index (χ1v) is 7.32. The summed E-state index contributed by atoms with van der Waals surface area (Å²) in [4.78, 5) is 15.2. The molecule has 6 nitrogen and oxygen atoms in total. The van der Waals surface area contributed by atoms with Gasteiger partial charge in [-0.3, -0.25) is 10.1 Å². The summed E-state index contributed by atoms with van der Waals surface area (Å²) in [5, 5.41) is 20.4. The Morgan fingerprint density at radius 2 is 2.33 bits per heavy atom. The fraction of sp³-hybridized carbons (Fsp3) is 0.333. The van der Waals surface area contributed by atoms with Crippen molar-refractivity contribution in [2.75, 3.05) is 0 Å². The lowest BCUT2D eigenvalue weighted by Gasteiger charge is -1.95. The highest BCUT2D eigenvalue weighted by atomic mass is 32.2. The average Bonchev–Trinajstić information content (AvgIpc) is 2.85.